The van der Waals surface area contributed by atoms with Crippen LogP contribution in [0.3, 0.4) is 0 Å². The van der Waals surface area contributed by atoms with E-state index in [0.29, 0.717) is 12.0 Å². The van der Waals surface area contributed by atoms with Crippen molar-refractivity contribution in [2.24, 2.45) is 0 Å². The lowest BCUT2D eigenvalue weighted by Crippen LogP contribution is -2.29. The van der Waals surface area contributed by atoms with Crippen LogP contribution >= 0.6 is 11.6 Å². The van der Waals surface area contributed by atoms with E-state index in [0.717, 1.165) is 0 Å². The van der Waals surface area contributed by atoms with Gasteiger partial charge in [0.2, 0.25) is 5.91 Å². The molecule has 92 valence electrons. The molecule has 17 heavy (non-hydrogen) atoms. The summed E-state index contributed by atoms with van der Waals surface area (Å²) in [6.07, 6.45) is 0.438. The van der Waals surface area contributed by atoms with Crippen molar-refractivity contribution in [2.75, 3.05) is 6.54 Å². The van der Waals surface area contributed by atoms with Crippen molar-refractivity contribution >= 4 is 23.5 Å². The van der Waals surface area contributed by atoms with Crippen LogP contribution in [0, 0.1) is 5.82 Å². The quantitative estimate of drug-likeness (QED) is 0.844. The van der Waals surface area contributed by atoms with E-state index in [1.165, 1.54) is 12.1 Å². The van der Waals surface area contributed by atoms with Crippen LogP contribution in [0.15, 0.2) is 18.2 Å². The van der Waals surface area contributed by atoms with Crippen molar-refractivity contribution in [3.8, 4) is 0 Å². The number of aryl methyl sites for hydroxylation is 1. The summed E-state index contributed by atoms with van der Waals surface area (Å²) in [6, 6.07) is 4.30. The van der Waals surface area contributed by atoms with Gasteiger partial charge in [0.05, 0.1) is 5.02 Å². The smallest absolute Gasteiger partial charge is 0.322 e. The molecule has 0 atom stereocenters. The molecule has 0 unspecified atom stereocenters. The molecule has 2 N–H and O–H groups in total. The molecule has 0 radical (unpaired) electrons. The minimum Gasteiger partial charge on any atom is -0.480 e. The van der Waals surface area contributed by atoms with Gasteiger partial charge < -0.3 is 10.4 Å². The van der Waals surface area contributed by atoms with Crippen molar-refractivity contribution in [2.45, 2.75) is 12.8 Å². The zero-order chi connectivity index (χ0) is 12.8. The number of carbonyl (C=O) groups is 2. The molecule has 1 rings (SSSR count). The molecule has 0 bridgehead atoms. The molecule has 0 aliphatic heterocycles. The first-order valence-electron chi connectivity index (χ1n) is 4.91. The summed E-state index contributed by atoms with van der Waals surface area (Å²) >= 11 is 5.51. The van der Waals surface area contributed by atoms with Crippen LogP contribution in [0.2, 0.25) is 5.02 Å². The first kappa shape index (κ1) is 13.4. The summed E-state index contributed by atoms with van der Waals surface area (Å²) in [6.45, 7) is -0.409. The Bertz CT molecular complexity index is 437. The Morgan fingerprint density at radius 3 is 2.71 bits per heavy atom. The molecule has 4 nitrogen and oxygen atoms in total. The maximum Gasteiger partial charge on any atom is 0.322 e. The Morgan fingerprint density at radius 1 is 1.41 bits per heavy atom. The highest BCUT2D eigenvalue weighted by molar-refractivity contribution is 6.30. The van der Waals surface area contributed by atoms with Crippen LogP contribution in [-0.4, -0.2) is 23.5 Å². The van der Waals surface area contributed by atoms with E-state index >= 15 is 0 Å². The maximum atomic E-state index is 13.0. The summed E-state index contributed by atoms with van der Waals surface area (Å²) in [5, 5.41) is 10.6. The molecule has 0 aliphatic carbocycles. The molecule has 1 aromatic carbocycles. The lowest BCUT2D eigenvalue weighted by molar-refractivity contribution is -0.137. The fraction of sp³-hybridized carbons (Fsp3) is 0.273. The minimum absolute atomic E-state index is 0.0316. The van der Waals surface area contributed by atoms with Gasteiger partial charge in [-0.1, -0.05) is 17.7 Å². The topological polar surface area (TPSA) is 66.4 Å². The van der Waals surface area contributed by atoms with Gasteiger partial charge >= 0.3 is 5.97 Å². The van der Waals surface area contributed by atoms with Crippen molar-refractivity contribution in [1.82, 2.24) is 5.32 Å². The molecule has 0 saturated heterocycles. The molecule has 0 fully saturated rings. The number of halogens is 2. The first-order valence-corrected chi connectivity index (χ1v) is 5.29. The highest BCUT2D eigenvalue weighted by atomic mass is 35.5. The van der Waals surface area contributed by atoms with Gasteiger partial charge in [0.1, 0.15) is 12.4 Å². The number of carboxylic acids is 1. The lowest BCUT2D eigenvalue weighted by Gasteiger charge is -2.03. The number of carbonyl (C=O) groups excluding carboxylic acids is 1. The normalized spacial score (nSPS) is 10.0. The molecule has 0 aromatic heterocycles. The average molecular weight is 260 g/mol. The molecular weight excluding hydrogens is 249 g/mol. The summed E-state index contributed by atoms with van der Waals surface area (Å²) in [4.78, 5) is 21.4. The van der Waals surface area contributed by atoms with E-state index in [4.69, 9.17) is 16.7 Å². The van der Waals surface area contributed by atoms with E-state index in [-0.39, 0.29) is 17.4 Å². The van der Waals surface area contributed by atoms with Gasteiger partial charge in [-0.25, -0.2) is 4.39 Å². The zero-order valence-corrected chi connectivity index (χ0v) is 9.63. The maximum absolute atomic E-state index is 13.0. The molecule has 0 aliphatic rings. The van der Waals surface area contributed by atoms with Gasteiger partial charge in [0.25, 0.3) is 0 Å². The monoisotopic (exact) mass is 259 g/mol. The van der Waals surface area contributed by atoms with Crippen molar-refractivity contribution in [3.63, 3.8) is 0 Å². The van der Waals surface area contributed by atoms with Gasteiger partial charge in [-0.3, -0.25) is 9.59 Å². The predicted molar refractivity (Wildman–Crippen MR) is 60.4 cm³/mol. The van der Waals surface area contributed by atoms with Crippen LogP contribution in [0.25, 0.3) is 0 Å². The Morgan fingerprint density at radius 2 is 2.12 bits per heavy atom. The van der Waals surface area contributed by atoms with Crippen molar-refractivity contribution in [1.29, 1.82) is 0 Å². The summed E-state index contributed by atoms with van der Waals surface area (Å²) in [7, 11) is 0. The molecule has 0 heterocycles. The zero-order valence-electron chi connectivity index (χ0n) is 8.87. The minimum atomic E-state index is -1.10. The van der Waals surface area contributed by atoms with E-state index in [1.807, 2.05) is 0 Å². The van der Waals surface area contributed by atoms with Gasteiger partial charge in [-0.2, -0.15) is 0 Å². The Kier molecular flexibility index (Phi) is 4.90. The standard InChI is InChI=1S/C11H11ClFNO3/c12-8-3-1-7(5-9(8)13)2-4-10(15)14-6-11(16)17/h1,3,5H,2,4,6H2,(H,14,15)(H,16,17). The van der Waals surface area contributed by atoms with Crippen LogP contribution in [0.5, 0.6) is 0 Å². The molecule has 0 spiro atoms. The number of carboxylic acid groups (broad SMARTS) is 1. The van der Waals surface area contributed by atoms with Crippen molar-refractivity contribution < 1.29 is 19.1 Å². The molecular formula is C11H11ClFNO3. The highest BCUT2D eigenvalue weighted by Gasteiger charge is 2.06. The fourth-order valence-corrected chi connectivity index (χ4v) is 1.33. The second-order valence-electron chi connectivity index (χ2n) is 3.42. The van der Waals surface area contributed by atoms with Crippen LogP contribution < -0.4 is 5.32 Å². The highest BCUT2D eigenvalue weighted by Crippen LogP contribution is 2.16. The average Bonchev–Trinajstić information content (AvgIpc) is 2.28. The first-order chi connectivity index (χ1) is 7.99. The summed E-state index contributed by atoms with van der Waals surface area (Å²) < 4.78 is 13.0. The van der Waals surface area contributed by atoms with E-state index in [1.54, 1.807) is 6.07 Å². The lowest BCUT2D eigenvalue weighted by atomic mass is 10.1. The van der Waals surface area contributed by atoms with E-state index < -0.39 is 18.3 Å². The molecule has 0 saturated carbocycles. The van der Waals surface area contributed by atoms with Crippen LogP contribution in [-0.2, 0) is 16.0 Å². The van der Waals surface area contributed by atoms with E-state index in [9.17, 15) is 14.0 Å². The fourth-order valence-electron chi connectivity index (χ4n) is 1.22. The van der Waals surface area contributed by atoms with Crippen LogP contribution in [0.1, 0.15) is 12.0 Å². The SMILES string of the molecule is O=C(O)CNC(=O)CCc1ccc(Cl)c(F)c1. The Balaban J connectivity index is 2.42. The summed E-state index contributed by atoms with van der Waals surface area (Å²) in [5.41, 5.74) is 0.636. The summed E-state index contributed by atoms with van der Waals surface area (Å²) in [5.74, 6) is -2.02. The van der Waals surface area contributed by atoms with E-state index in [2.05, 4.69) is 5.32 Å². The number of benzene rings is 1. The molecule has 6 heteroatoms. The number of nitrogens with one attached hydrogen (secondary N) is 1. The molecule has 1 amide bonds. The number of amides is 1. The van der Waals surface area contributed by atoms with Gasteiger partial charge in [-0.15, -0.1) is 0 Å². The third-order valence-corrected chi connectivity index (χ3v) is 2.37. The Hall–Kier alpha value is -1.62. The Labute approximate surface area is 102 Å². The van der Waals surface area contributed by atoms with Gasteiger partial charge in [0.15, 0.2) is 0 Å². The number of aliphatic carboxylic acids is 1. The molecule has 1 aromatic rings. The predicted octanol–water partition coefficient (Wildman–Crippen LogP) is 1.61. The van der Waals surface area contributed by atoms with Crippen LogP contribution in [0.4, 0.5) is 4.39 Å². The number of hydrogen-bond donors (Lipinski definition) is 2. The van der Waals surface area contributed by atoms with Crippen molar-refractivity contribution in [3.05, 3.63) is 34.6 Å². The second kappa shape index (κ2) is 6.20. The number of rotatable bonds is 5. The van der Waals surface area contributed by atoms with Gasteiger partial charge in [-0.05, 0) is 24.1 Å². The largest absolute Gasteiger partial charge is 0.480 e. The number of hydrogen-bond acceptors (Lipinski definition) is 2. The third-order valence-electron chi connectivity index (χ3n) is 2.06. The third kappa shape index (κ3) is 4.82. The van der Waals surface area contributed by atoms with Gasteiger partial charge in [0, 0.05) is 6.42 Å². The second-order valence-corrected chi connectivity index (χ2v) is 3.83.